The summed E-state index contributed by atoms with van der Waals surface area (Å²) >= 11 is 6.00. The molecule has 4 nitrogen and oxygen atoms in total. The van der Waals surface area contributed by atoms with Gasteiger partial charge in [-0.1, -0.05) is 31.5 Å². The van der Waals surface area contributed by atoms with Crippen LogP contribution in [0.1, 0.15) is 25.8 Å². The highest BCUT2D eigenvalue weighted by molar-refractivity contribution is 6.31. The molecule has 5 heteroatoms. The molecule has 0 aromatic heterocycles. The Morgan fingerprint density at radius 3 is 2.85 bits per heavy atom. The highest BCUT2D eigenvalue weighted by Crippen LogP contribution is 2.22. The number of carbonyl (C=O) groups is 1. The topological polar surface area (TPSA) is 50.4 Å². The van der Waals surface area contributed by atoms with E-state index in [-0.39, 0.29) is 6.03 Å². The summed E-state index contributed by atoms with van der Waals surface area (Å²) in [6.07, 6.45) is 0.800. The molecule has 0 spiro atoms. The summed E-state index contributed by atoms with van der Waals surface area (Å²) in [5.41, 5.74) is 1.59. The summed E-state index contributed by atoms with van der Waals surface area (Å²) in [4.78, 5) is 11.7. The van der Waals surface area contributed by atoms with E-state index in [9.17, 15) is 4.79 Å². The molecule has 112 valence electrons. The molecular formula is C15H23ClN2O2. The maximum atomic E-state index is 11.7. The molecule has 20 heavy (non-hydrogen) atoms. The predicted octanol–water partition coefficient (Wildman–Crippen LogP) is 3.83. The van der Waals surface area contributed by atoms with Crippen molar-refractivity contribution in [3.63, 3.8) is 0 Å². The standard InChI is InChI=1S/C15H23ClN2O2/c1-11(2)10-20-9-5-8-17-15(19)18-14-7-4-6-13(16)12(14)3/h4,6-7,11H,5,8-10H2,1-3H3,(H2,17,18,19). The molecular weight excluding hydrogens is 276 g/mol. The quantitative estimate of drug-likeness (QED) is 0.752. The normalized spacial score (nSPS) is 10.7. The van der Waals surface area contributed by atoms with Gasteiger partial charge in [-0.15, -0.1) is 0 Å². The van der Waals surface area contributed by atoms with E-state index in [0.29, 0.717) is 24.1 Å². The van der Waals surface area contributed by atoms with Crippen molar-refractivity contribution in [3.8, 4) is 0 Å². The number of anilines is 1. The minimum Gasteiger partial charge on any atom is -0.381 e. The number of rotatable bonds is 7. The van der Waals surface area contributed by atoms with Crippen molar-refractivity contribution in [2.24, 2.45) is 5.92 Å². The van der Waals surface area contributed by atoms with Gasteiger partial charge in [0, 0.05) is 30.5 Å². The van der Waals surface area contributed by atoms with E-state index in [1.54, 1.807) is 6.07 Å². The first-order chi connectivity index (χ1) is 9.50. The van der Waals surface area contributed by atoms with Crippen molar-refractivity contribution in [2.75, 3.05) is 25.1 Å². The van der Waals surface area contributed by atoms with Crippen molar-refractivity contribution in [1.82, 2.24) is 5.32 Å². The first-order valence-corrected chi connectivity index (χ1v) is 7.26. The smallest absolute Gasteiger partial charge is 0.319 e. The number of halogens is 1. The van der Waals surface area contributed by atoms with Crippen LogP contribution in [0.2, 0.25) is 5.02 Å². The molecule has 0 aliphatic heterocycles. The highest BCUT2D eigenvalue weighted by Gasteiger charge is 2.05. The van der Waals surface area contributed by atoms with Gasteiger partial charge in [0.1, 0.15) is 0 Å². The Hall–Kier alpha value is -1.26. The van der Waals surface area contributed by atoms with Crippen LogP contribution in [-0.2, 0) is 4.74 Å². The van der Waals surface area contributed by atoms with E-state index in [1.165, 1.54) is 0 Å². The molecule has 0 saturated heterocycles. The molecule has 0 radical (unpaired) electrons. The first kappa shape index (κ1) is 16.8. The minimum atomic E-state index is -0.223. The van der Waals surface area contributed by atoms with Gasteiger partial charge in [0.25, 0.3) is 0 Å². The molecule has 0 bridgehead atoms. The largest absolute Gasteiger partial charge is 0.381 e. The van der Waals surface area contributed by atoms with E-state index >= 15 is 0 Å². The fraction of sp³-hybridized carbons (Fsp3) is 0.533. The SMILES string of the molecule is Cc1c(Cl)cccc1NC(=O)NCCCOCC(C)C. The molecule has 2 amide bonds. The van der Waals surface area contributed by atoms with Crippen LogP contribution in [0.4, 0.5) is 10.5 Å². The second-order valence-electron chi connectivity index (χ2n) is 5.12. The van der Waals surface area contributed by atoms with Crippen molar-refractivity contribution in [2.45, 2.75) is 27.2 Å². The van der Waals surface area contributed by atoms with E-state index in [1.807, 2.05) is 19.1 Å². The summed E-state index contributed by atoms with van der Waals surface area (Å²) < 4.78 is 5.44. The van der Waals surface area contributed by atoms with Gasteiger partial charge in [0.05, 0.1) is 0 Å². The molecule has 1 rings (SSSR count). The van der Waals surface area contributed by atoms with Crippen molar-refractivity contribution in [1.29, 1.82) is 0 Å². The molecule has 0 saturated carbocycles. The average molecular weight is 299 g/mol. The zero-order valence-corrected chi connectivity index (χ0v) is 13.1. The number of hydrogen-bond donors (Lipinski definition) is 2. The van der Waals surface area contributed by atoms with Crippen molar-refractivity contribution < 1.29 is 9.53 Å². The summed E-state index contributed by atoms with van der Waals surface area (Å²) in [6, 6.07) is 5.21. The summed E-state index contributed by atoms with van der Waals surface area (Å²) in [5, 5.41) is 6.22. The van der Waals surface area contributed by atoms with E-state index in [4.69, 9.17) is 16.3 Å². The zero-order chi connectivity index (χ0) is 15.0. The van der Waals surface area contributed by atoms with E-state index in [2.05, 4.69) is 24.5 Å². The summed E-state index contributed by atoms with van der Waals surface area (Å²) in [5.74, 6) is 0.539. The molecule has 0 aliphatic carbocycles. The second-order valence-corrected chi connectivity index (χ2v) is 5.52. The third-order valence-electron chi connectivity index (χ3n) is 2.72. The minimum absolute atomic E-state index is 0.223. The fourth-order valence-electron chi connectivity index (χ4n) is 1.60. The number of carbonyl (C=O) groups excluding carboxylic acids is 1. The zero-order valence-electron chi connectivity index (χ0n) is 12.3. The van der Waals surface area contributed by atoms with Crippen LogP contribution in [0.3, 0.4) is 0 Å². The van der Waals surface area contributed by atoms with Crippen LogP contribution in [0.5, 0.6) is 0 Å². The number of hydrogen-bond acceptors (Lipinski definition) is 2. The van der Waals surface area contributed by atoms with Gasteiger partial charge in [-0.25, -0.2) is 4.79 Å². The third-order valence-corrected chi connectivity index (χ3v) is 3.13. The van der Waals surface area contributed by atoms with Crippen molar-refractivity contribution in [3.05, 3.63) is 28.8 Å². The Balaban J connectivity index is 2.22. The third kappa shape index (κ3) is 6.26. The monoisotopic (exact) mass is 298 g/mol. The molecule has 0 atom stereocenters. The Morgan fingerprint density at radius 2 is 2.15 bits per heavy atom. The van der Waals surface area contributed by atoms with Crippen LogP contribution >= 0.6 is 11.6 Å². The Labute approximate surface area is 125 Å². The van der Waals surface area contributed by atoms with Crippen LogP contribution in [0, 0.1) is 12.8 Å². The van der Waals surface area contributed by atoms with E-state index in [0.717, 1.165) is 24.3 Å². The maximum Gasteiger partial charge on any atom is 0.319 e. The van der Waals surface area contributed by atoms with Gasteiger partial charge >= 0.3 is 6.03 Å². The predicted molar refractivity (Wildman–Crippen MR) is 83.5 cm³/mol. The second kappa shape index (κ2) is 8.82. The molecule has 1 aromatic rings. The van der Waals surface area contributed by atoms with Gasteiger partial charge in [-0.05, 0) is 37.0 Å². The molecule has 0 unspecified atom stereocenters. The van der Waals surface area contributed by atoms with E-state index < -0.39 is 0 Å². The number of ether oxygens (including phenoxy) is 1. The Kier molecular flexibility index (Phi) is 7.41. The molecule has 2 N–H and O–H groups in total. The lowest BCUT2D eigenvalue weighted by Crippen LogP contribution is -2.30. The lowest BCUT2D eigenvalue weighted by molar-refractivity contribution is 0.108. The fourth-order valence-corrected chi connectivity index (χ4v) is 1.78. The first-order valence-electron chi connectivity index (χ1n) is 6.88. The van der Waals surface area contributed by atoms with Gasteiger partial charge in [-0.3, -0.25) is 0 Å². The number of benzene rings is 1. The number of amides is 2. The van der Waals surface area contributed by atoms with Crippen LogP contribution in [-0.4, -0.2) is 25.8 Å². The van der Waals surface area contributed by atoms with Gasteiger partial charge in [0.2, 0.25) is 0 Å². The van der Waals surface area contributed by atoms with Crippen molar-refractivity contribution >= 4 is 23.3 Å². The molecule has 1 aromatic carbocycles. The van der Waals surface area contributed by atoms with Gasteiger partial charge in [-0.2, -0.15) is 0 Å². The number of nitrogens with one attached hydrogen (secondary N) is 2. The summed E-state index contributed by atoms with van der Waals surface area (Å²) in [6.45, 7) is 8.10. The average Bonchev–Trinajstić information content (AvgIpc) is 2.39. The Bertz CT molecular complexity index is 436. The molecule has 0 fully saturated rings. The van der Waals surface area contributed by atoms with Gasteiger partial charge < -0.3 is 15.4 Å². The van der Waals surface area contributed by atoms with Crippen LogP contribution < -0.4 is 10.6 Å². The lowest BCUT2D eigenvalue weighted by atomic mass is 10.2. The molecule has 0 heterocycles. The van der Waals surface area contributed by atoms with Gasteiger partial charge in [0.15, 0.2) is 0 Å². The lowest BCUT2D eigenvalue weighted by Gasteiger charge is -2.11. The molecule has 0 aliphatic rings. The van der Waals surface area contributed by atoms with Crippen LogP contribution in [0.25, 0.3) is 0 Å². The van der Waals surface area contributed by atoms with Crippen LogP contribution in [0.15, 0.2) is 18.2 Å². The number of urea groups is 1. The maximum absolute atomic E-state index is 11.7. The Morgan fingerprint density at radius 1 is 1.40 bits per heavy atom. The summed E-state index contributed by atoms with van der Waals surface area (Å²) in [7, 11) is 0. The highest BCUT2D eigenvalue weighted by atomic mass is 35.5.